The Morgan fingerprint density at radius 3 is 2.76 bits per heavy atom. The Morgan fingerprint density at radius 2 is 2.29 bits per heavy atom. The molecule has 1 rings (SSSR count). The largest absolute Gasteiger partial charge is 0.494 e. The van der Waals surface area contributed by atoms with E-state index in [1.165, 1.54) is 15.9 Å². The number of carboxylic acid groups (broad SMARTS) is 1. The quantitative estimate of drug-likeness (QED) is 0.625. The minimum atomic E-state index is -1.02. The Morgan fingerprint density at radius 1 is 1.65 bits per heavy atom. The van der Waals surface area contributed by atoms with E-state index in [4.69, 9.17) is 28.9 Å². The highest BCUT2D eigenvalue weighted by molar-refractivity contribution is 7.73. The number of thiazole rings is 1. The summed E-state index contributed by atoms with van der Waals surface area (Å²) in [4.78, 5) is 11.4. The summed E-state index contributed by atoms with van der Waals surface area (Å²) in [5.74, 6) is -0.415. The smallest absolute Gasteiger partial charge is 0.323 e. The van der Waals surface area contributed by atoms with Crippen molar-refractivity contribution in [1.29, 1.82) is 0 Å². The second-order valence-electron chi connectivity index (χ2n) is 3.62. The van der Waals surface area contributed by atoms with Crippen LogP contribution in [0, 0.1) is 3.95 Å². The summed E-state index contributed by atoms with van der Waals surface area (Å²) in [5.41, 5.74) is 0. The van der Waals surface area contributed by atoms with Crippen molar-refractivity contribution in [2.75, 3.05) is 5.88 Å². The average molecular weight is 296 g/mol. The van der Waals surface area contributed by atoms with Crippen LogP contribution in [0.2, 0.25) is 0 Å². The van der Waals surface area contributed by atoms with Gasteiger partial charge in [0.1, 0.15) is 6.54 Å². The van der Waals surface area contributed by atoms with Gasteiger partial charge in [-0.3, -0.25) is 9.36 Å². The van der Waals surface area contributed by atoms with Crippen molar-refractivity contribution in [1.82, 2.24) is 4.57 Å². The molecule has 1 unspecified atom stereocenters. The van der Waals surface area contributed by atoms with Crippen molar-refractivity contribution < 1.29 is 15.0 Å². The van der Waals surface area contributed by atoms with Crippen molar-refractivity contribution in [2.24, 2.45) is 0 Å². The number of rotatable bonds is 6. The van der Waals surface area contributed by atoms with Gasteiger partial charge in [-0.05, 0) is 31.0 Å². The number of halogens is 1. The van der Waals surface area contributed by atoms with E-state index < -0.39 is 5.97 Å². The number of carboxylic acids is 1. The number of hydrogen-bond donors (Lipinski definition) is 2. The molecule has 17 heavy (non-hydrogen) atoms. The summed E-state index contributed by atoms with van der Waals surface area (Å²) in [6.45, 7) is 1.69. The van der Waals surface area contributed by atoms with Gasteiger partial charge in [0.15, 0.2) is 3.95 Å². The highest BCUT2D eigenvalue weighted by atomic mass is 35.5. The first kappa shape index (κ1) is 14.5. The molecular formula is C10H14ClNO3S2. The van der Waals surface area contributed by atoms with Gasteiger partial charge < -0.3 is 10.2 Å². The molecule has 1 aromatic rings. The van der Waals surface area contributed by atoms with Gasteiger partial charge in [-0.1, -0.05) is 6.92 Å². The Hall–Kier alpha value is -0.590. The van der Waals surface area contributed by atoms with Crippen LogP contribution in [-0.4, -0.2) is 26.6 Å². The number of alkyl halides is 1. The lowest BCUT2D eigenvalue weighted by Gasteiger charge is -2.11. The molecule has 1 aromatic heterocycles. The van der Waals surface area contributed by atoms with Crippen LogP contribution in [0.3, 0.4) is 0 Å². The summed E-state index contributed by atoms with van der Waals surface area (Å²) >= 11 is 12.0. The molecule has 1 heterocycles. The van der Waals surface area contributed by atoms with Crippen molar-refractivity contribution >= 4 is 41.1 Å². The Labute approximate surface area is 113 Å². The predicted molar refractivity (Wildman–Crippen MR) is 70.8 cm³/mol. The first-order valence-electron chi connectivity index (χ1n) is 5.21. The lowest BCUT2D eigenvalue weighted by Crippen LogP contribution is -2.08. The zero-order chi connectivity index (χ0) is 13.0. The minimum absolute atomic E-state index is 0.0284. The summed E-state index contributed by atoms with van der Waals surface area (Å²) in [6, 6.07) is 0. The maximum absolute atomic E-state index is 10.7. The molecule has 0 bridgehead atoms. The Bertz CT molecular complexity index is 455. The zero-order valence-corrected chi connectivity index (χ0v) is 11.7. The van der Waals surface area contributed by atoms with Crippen LogP contribution < -0.4 is 0 Å². The monoisotopic (exact) mass is 295 g/mol. The van der Waals surface area contributed by atoms with E-state index in [2.05, 4.69) is 0 Å². The Balaban J connectivity index is 3.10. The van der Waals surface area contributed by atoms with Crippen molar-refractivity contribution in [3.8, 4) is 5.88 Å². The zero-order valence-electron chi connectivity index (χ0n) is 9.35. The van der Waals surface area contributed by atoms with Gasteiger partial charge in [-0.15, -0.1) is 22.9 Å². The van der Waals surface area contributed by atoms with Gasteiger partial charge in [0.05, 0.1) is 4.88 Å². The predicted octanol–water partition coefficient (Wildman–Crippen LogP) is 3.19. The molecular weight excluding hydrogens is 282 g/mol. The fraction of sp³-hybridized carbons (Fsp3) is 0.600. The maximum Gasteiger partial charge on any atom is 0.323 e. The van der Waals surface area contributed by atoms with Gasteiger partial charge in [0, 0.05) is 5.88 Å². The third kappa shape index (κ3) is 3.43. The van der Waals surface area contributed by atoms with E-state index in [0.29, 0.717) is 9.83 Å². The molecule has 7 heteroatoms. The molecule has 4 nitrogen and oxygen atoms in total. The SMILES string of the molecule is CCC(CCCl)c1sc(=S)n(CC(=O)O)c1O. The molecule has 0 saturated carbocycles. The second-order valence-corrected chi connectivity index (χ2v) is 5.67. The minimum Gasteiger partial charge on any atom is -0.494 e. The molecule has 2 N–H and O–H groups in total. The molecule has 0 amide bonds. The summed E-state index contributed by atoms with van der Waals surface area (Å²) in [7, 11) is 0. The number of nitrogens with zero attached hydrogens (tertiary/aromatic N) is 1. The van der Waals surface area contributed by atoms with E-state index in [9.17, 15) is 9.90 Å². The molecule has 0 fully saturated rings. The van der Waals surface area contributed by atoms with E-state index in [-0.39, 0.29) is 18.3 Å². The molecule has 96 valence electrons. The summed E-state index contributed by atoms with van der Waals surface area (Å²) < 4.78 is 1.63. The van der Waals surface area contributed by atoms with Crippen LogP contribution in [0.1, 0.15) is 30.6 Å². The normalized spacial score (nSPS) is 12.6. The first-order valence-corrected chi connectivity index (χ1v) is 6.97. The average Bonchev–Trinajstić information content (AvgIpc) is 2.53. The Kier molecular flexibility index (Phi) is 5.42. The van der Waals surface area contributed by atoms with Gasteiger partial charge in [0.2, 0.25) is 5.88 Å². The van der Waals surface area contributed by atoms with Crippen molar-refractivity contribution in [3.05, 3.63) is 8.83 Å². The molecule has 0 aliphatic heterocycles. The molecule has 0 aliphatic rings. The number of carbonyl (C=O) groups is 1. The first-order chi connectivity index (χ1) is 8.01. The number of aromatic hydroxyl groups is 1. The van der Waals surface area contributed by atoms with E-state index >= 15 is 0 Å². The van der Waals surface area contributed by atoms with Gasteiger partial charge in [-0.2, -0.15) is 0 Å². The van der Waals surface area contributed by atoms with E-state index in [0.717, 1.165) is 17.7 Å². The number of aliphatic carboxylic acids is 1. The standard InChI is InChI=1S/C10H14ClNO3S2/c1-2-6(3-4-11)8-9(15)12(5-7(13)14)10(16)17-8/h6,15H,2-5H2,1H3,(H,13,14). The van der Waals surface area contributed by atoms with Gasteiger partial charge >= 0.3 is 5.97 Å². The van der Waals surface area contributed by atoms with E-state index in [1.807, 2.05) is 6.92 Å². The van der Waals surface area contributed by atoms with Crippen molar-refractivity contribution in [3.63, 3.8) is 0 Å². The third-order valence-corrected chi connectivity index (χ3v) is 4.33. The van der Waals surface area contributed by atoms with Gasteiger partial charge in [0.25, 0.3) is 0 Å². The van der Waals surface area contributed by atoms with Gasteiger partial charge in [-0.25, -0.2) is 0 Å². The molecule has 0 aromatic carbocycles. The van der Waals surface area contributed by atoms with Crippen LogP contribution in [0.4, 0.5) is 0 Å². The molecule has 0 radical (unpaired) electrons. The van der Waals surface area contributed by atoms with Crippen LogP contribution in [0.5, 0.6) is 5.88 Å². The summed E-state index contributed by atoms with van der Waals surface area (Å²) in [5, 5.41) is 18.7. The van der Waals surface area contributed by atoms with E-state index in [1.54, 1.807) is 0 Å². The highest BCUT2D eigenvalue weighted by Crippen LogP contribution is 2.36. The highest BCUT2D eigenvalue weighted by Gasteiger charge is 2.20. The topological polar surface area (TPSA) is 62.5 Å². The number of aromatic nitrogens is 1. The van der Waals surface area contributed by atoms with Crippen molar-refractivity contribution in [2.45, 2.75) is 32.2 Å². The lowest BCUT2D eigenvalue weighted by atomic mass is 10.0. The second kappa shape index (κ2) is 6.37. The van der Waals surface area contributed by atoms with Crippen LogP contribution >= 0.6 is 35.2 Å². The molecule has 0 saturated heterocycles. The molecule has 0 spiro atoms. The molecule has 0 aliphatic carbocycles. The van der Waals surface area contributed by atoms with Crippen LogP contribution in [0.15, 0.2) is 0 Å². The number of hydrogen-bond acceptors (Lipinski definition) is 4. The lowest BCUT2D eigenvalue weighted by molar-refractivity contribution is -0.137. The summed E-state index contributed by atoms with van der Waals surface area (Å²) in [6.07, 6.45) is 1.58. The van der Waals surface area contributed by atoms with Crippen LogP contribution in [0.25, 0.3) is 0 Å². The third-order valence-electron chi connectivity index (χ3n) is 2.51. The molecule has 1 atom stereocenters. The maximum atomic E-state index is 10.7. The fourth-order valence-corrected chi connectivity index (χ4v) is 3.39. The fourth-order valence-electron chi connectivity index (χ4n) is 1.61. The van der Waals surface area contributed by atoms with Crippen LogP contribution in [-0.2, 0) is 11.3 Å².